The molecule has 0 N–H and O–H groups in total. The number of imide groups is 1. The van der Waals surface area contributed by atoms with E-state index in [0.29, 0.717) is 4.31 Å². The van der Waals surface area contributed by atoms with Crippen molar-refractivity contribution in [2.45, 2.75) is 62.2 Å². The summed E-state index contributed by atoms with van der Waals surface area (Å²) >= 11 is 0. The van der Waals surface area contributed by atoms with Gasteiger partial charge in [-0.1, -0.05) is 65.7 Å². The Labute approximate surface area is 229 Å². The number of hydrogen-bond acceptors (Lipinski definition) is 7. The summed E-state index contributed by atoms with van der Waals surface area (Å²) in [5, 5.41) is 0. The number of hydrogen-bond donors (Lipinski definition) is 0. The van der Waals surface area contributed by atoms with Gasteiger partial charge in [0.25, 0.3) is 26.0 Å². The molecule has 11 heteroatoms. The molecule has 3 aromatic carbocycles. The van der Waals surface area contributed by atoms with Crippen molar-refractivity contribution in [1.29, 1.82) is 0 Å². The van der Waals surface area contributed by atoms with E-state index in [1.54, 1.807) is 32.9 Å². The molecule has 9 nitrogen and oxygen atoms in total. The minimum Gasteiger partial charge on any atom is -0.374 e. The van der Waals surface area contributed by atoms with E-state index in [1.807, 2.05) is 30.3 Å². The topological polar surface area (TPSA) is 118 Å². The lowest BCUT2D eigenvalue weighted by molar-refractivity contribution is -0.130. The maximum absolute atomic E-state index is 13.8. The van der Waals surface area contributed by atoms with Gasteiger partial charge in [-0.15, -0.1) is 4.31 Å². The van der Waals surface area contributed by atoms with Crippen LogP contribution < -0.4 is 0 Å². The lowest BCUT2D eigenvalue weighted by Crippen LogP contribution is -2.51. The van der Waals surface area contributed by atoms with Crippen molar-refractivity contribution < 1.29 is 31.2 Å². The molecule has 206 valence electrons. The number of urea groups is 1. The van der Waals surface area contributed by atoms with E-state index in [-0.39, 0.29) is 27.1 Å². The Bertz CT molecular complexity index is 1590. The van der Waals surface area contributed by atoms with Gasteiger partial charge in [-0.2, -0.15) is 0 Å². The van der Waals surface area contributed by atoms with Gasteiger partial charge in [-0.05, 0) is 57.5 Å². The van der Waals surface area contributed by atoms with E-state index in [4.69, 9.17) is 4.74 Å². The molecule has 1 unspecified atom stereocenters. The van der Waals surface area contributed by atoms with Gasteiger partial charge in [0.1, 0.15) is 5.54 Å². The van der Waals surface area contributed by atoms with Gasteiger partial charge in [0.05, 0.1) is 22.5 Å². The lowest BCUT2D eigenvalue weighted by Gasteiger charge is -2.32. The maximum Gasteiger partial charge on any atom is 0.356 e. The summed E-state index contributed by atoms with van der Waals surface area (Å²) in [7, 11) is -9.35. The molecule has 0 aliphatic carbocycles. The average molecular weight is 571 g/mol. The predicted octanol–water partition coefficient (Wildman–Crippen LogP) is 4.40. The molecule has 2 atom stereocenters. The van der Waals surface area contributed by atoms with E-state index in [1.165, 1.54) is 43.3 Å². The van der Waals surface area contributed by atoms with Crippen LogP contribution in [0.5, 0.6) is 0 Å². The normalized spacial score (nSPS) is 19.0. The van der Waals surface area contributed by atoms with Crippen LogP contribution in [-0.4, -0.2) is 49.0 Å². The molecular formula is C28H30N2O7S2. The van der Waals surface area contributed by atoms with Gasteiger partial charge < -0.3 is 4.74 Å². The molecule has 0 aromatic heterocycles. The standard InChI is InChI=1S/C28H30N2O7S2/c1-20-10-14-24(15-11-20)38(33,34)29-26(31)28(4,18-22(3)37-19-23-8-6-5-7-9-23)30(27(29)32)39(35,36)25-16-12-21(2)13-17-25/h5-17,22H,18-19H2,1-4H3/t22?,28-/m0/s1. The van der Waals surface area contributed by atoms with Crippen LogP contribution >= 0.6 is 0 Å². The van der Waals surface area contributed by atoms with Crippen molar-refractivity contribution in [1.82, 2.24) is 8.61 Å². The highest BCUT2D eigenvalue weighted by atomic mass is 32.2. The van der Waals surface area contributed by atoms with E-state index in [9.17, 15) is 26.4 Å². The maximum atomic E-state index is 13.8. The van der Waals surface area contributed by atoms with E-state index < -0.39 is 43.6 Å². The van der Waals surface area contributed by atoms with Gasteiger partial charge >= 0.3 is 6.03 Å². The first kappa shape index (κ1) is 28.5. The number of benzene rings is 3. The van der Waals surface area contributed by atoms with Crippen LogP contribution in [0.1, 0.15) is 37.0 Å². The van der Waals surface area contributed by atoms with Crippen LogP contribution in [0.3, 0.4) is 0 Å². The Morgan fingerprint density at radius 1 is 0.769 bits per heavy atom. The third-order valence-corrected chi connectivity index (χ3v) is 10.2. The molecule has 0 saturated carbocycles. The summed E-state index contributed by atoms with van der Waals surface area (Å²) in [4.78, 5) is 27.0. The zero-order chi connectivity index (χ0) is 28.6. The molecule has 4 rings (SSSR count). The van der Waals surface area contributed by atoms with Crippen LogP contribution in [0.15, 0.2) is 88.7 Å². The van der Waals surface area contributed by atoms with Crippen molar-refractivity contribution in [3.63, 3.8) is 0 Å². The second-order valence-electron chi connectivity index (χ2n) is 9.84. The summed E-state index contributed by atoms with van der Waals surface area (Å²) < 4.78 is 61.1. The number of carbonyl (C=O) groups is 2. The Hall–Kier alpha value is -3.54. The Kier molecular flexibility index (Phi) is 7.70. The fourth-order valence-corrected chi connectivity index (χ4v) is 7.60. The smallest absolute Gasteiger partial charge is 0.356 e. The van der Waals surface area contributed by atoms with Crippen LogP contribution in [0.4, 0.5) is 4.79 Å². The molecule has 3 aromatic rings. The molecule has 39 heavy (non-hydrogen) atoms. The monoisotopic (exact) mass is 570 g/mol. The molecule has 1 heterocycles. The molecule has 1 aliphatic heterocycles. The summed E-state index contributed by atoms with van der Waals surface area (Å²) in [6, 6.07) is 19.1. The van der Waals surface area contributed by atoms with Crippen molar-refractivity contribution >= 4 is 32.0 Å². The van der Waals surface area contributed by atoms with Gasteiger partial charge in [-0.3, -0.25) is 4.79 Å². The second kappa shape index (κ2) is 10.6. The number of ether oxygens (including phenoxy) is 1. The first-order valence-electron chi connectivity index (χ1n) is 12.3. The molecule has 0 spiro atoms. The van der Waals surface area contributed by atoms with Crippen molar-refractivity contribution in [3.8, 4) is 0 Å². The summed E-state index contributed by atoms with van der Waals surface area (Å²) in [6.07, 6.45) is -0.986. The first-order valence-corrected chi connectivity index (χ1v) is 15.1. The lowest BCUT2D eigenvalue weighted by atomic mass is 9.95. The second-order valence-corrected chi connectivity index (χ2v) is 13.4. The number of rotatable bonds is 9. The van der Waals surface area contributed by atoms with Gasteiger partial charge in [-0.25, -0.2) is 25.9 Å². The highest BCUT2D eigenvalue weighted by Gasteiger charge is 2.63. The number of sulfonamides is 2. The summed E-state index contributed by atoms with van der Waals surface area (Å²) in [5.74, 6) is -1.17. The molecule has 0 radical (unpaired) electrons. The van der Waals surface area contributed by atoms with Crippen LogP contribution in [0.25, 0.3) is 0 Å². The van der Waals surface area contributed by atoms with Crippen LogP contribution in [-0.2, 0) is 36.2 Å². The molecule has 1 aliphatic rings. The minimum absolute atomic E-state index is 0.0628. The Balaban J connectivity index is 1.76. The highest BCUT2D eigenvalue weighted by Crippen LogP contribution is 2.40. The summed E-state index contributed by atoms with van der Waals surface area (Å²) in [5.41, 5.74) is 0.336. The van der Waals surface area contributed by atoms with E-state index >= 15 is 0 Å². The van der Waals surface area contributed by atoms with Crippen molar-refractivity contribution in [2.75, 3.05) is 0 Å². The highest BCUT2D eigenvalue weighted by molar-refractivity contribution is 7.91. The number of carbonyl (C=O) groups excluding carboxylic acids is 2. The van der Waals surface area contributed by atoms with Crippen molar-refractivity contribution in [2.24, 2.45) is 0 Å². The van der Waals surface area contributed by atoms with E-state index in [0.717, 1.165) is 16.7 Å². The molecule has 1 fully saturated rings. The largest absolute Gasteiger partial charge is 0.374 e. The molecule has 3 amide bonds. The number of amides is 3. The van der Waals surface area contributed by atoms with Crippen LogP contribution in [0, 0.1) is 13.8 Å². The first-order chi connectivity index (χ1) is 18.3. The molecule has 0 bridgehead atoms. The number of aryl methyl sites for hydroxylation is 2. The fourth-order valence-electron chi connectivity index (χ4n) is 4.50. The van der Waals surface area contributed by atoms with Crippen LogP contribution in [0.2, 0.25) is 0 Å². The molecule has 1 saturated heterocycles. The third-order valence-electron chi connectivity index (χ3n) is 6.62. The average Bonchev–Trinajstić information content (AvgIpc) is 3.09. The Morgan fingerprint density at radius 2 is 1.26 bits per heavy atom. The third kappa shape index (κ3) is 5.34. The van der Waals surface area contributed by atoms with Gasteiger partial charge in [0, 0.05) is 6.42 Å². The quantitative estimate of drug-likeness (QED) is 0.350. The predicted molar refractivity (Wildman–Crippen MR) is 145 cm³/mol. The number of nitrogens with zero attached hydrogens (tertiary/aromatic N) is 2. The zero-order valence-corrected chi connectivity index (χ0v) is 23.7. The van der Waals surface area contributed by atoms with Crippen molar-refractivity contribution in [3.05, 3.63) is 95.6 Å². The van der Waals surface area contributed by atoms with Gasteiger partial charge in [0.15, 0.2) is 0 Å². The zero-order valence-electron chi connectivity index (χ0n) is 22.1. The summed E-state index contributed by atoms with van der Waals surface area (Å²) in [6.45, 7) is 6.60. The van der Waals surface area contributed by atoms with E-state index in [2.05, 4.69) is 0 Å². The van der Waals surface area contributed by atoms with Gasteiger partial charge in [0.2, 0.25) is 0 Å². The molecular weight excluding hydrogens is 540 g/mol. The minimum atomic E-state index is -4.71. The SMILES string of the molecule is Cc1ccc(S(=O)(=O)N2C(=O)N(S(=O)(=O)c3ccc(C)cc3)[C@@](C)(CC(C)OCc3ccccc3)C2=O)cc1. The fraction of sp³-hybridized carbons (Fsp3) is 0.286. The Morgan fingerprint density at radius 3 is 1.77 bits per heavy atom.